The Balaban J connectivity index is 1.77. The highest BCUT2D eigenvalue weighted by Gasteiger charge is 2.27. The van der Waals surface area contributed by atoms with Crippen LogP contribution in [0.5, 0.6) is 0 Å². The summed E-state index contributed by atoms with van der Waals surface area (Å²) in [6, 6.07) is 11.8. The van der Waals surface area contributed by atoms with Gasteiger partial charge in [-0.2, -0.15) is 0 Å². The average Bonchev–Trinajstić information content (AvgIpc) is 2.86. The lowest BCUT2D eigenvalue weighted by Gasteiger charge is -2.33. The van der Waals surface area contributed by atoms with Gasteiger partial charge in [0, 0.05) is 6.54 Å². The Morgan fingerprint density at radius 3 is 2.67 bits per heavy atom. The highest BCUT2D eigenvalue weighted by molar-refractivity contribution is 5.95. The predicted octanol–water partition coefficient (Wildman–Crippen LogP) is 3.11. The van der Waals surface area contributed by atoms with Crippen LogP contribution in [0.1, 0.15) is 33.5 Å². The van der Waals surface area contributed by atoms with Crippen molar-refractivity contribution < 1.29 is 13.9 Å². The van der Waals surface area contributed by atoms with E-state index in [0.717, 1.165) is 11.3 Å². The van der Waals surface area contributed by atoms with E-state index in [1.54, 1.807) is 0 Å². The van der Waals surface area contributed by atoms with Gasteiger partial charge in [-0.25, -0.2) is 0 Å². The number of amides is 1. The largest absolute Gasteiger partial charge is 0.466 e. The van der Waals surface area contributed by atoms with E-state index in [4.69, 9.17) is 9.15 Å². The summed E-state index contributed by atoms with van der Waals surface area (Å²) in [5.41, 5.74) is 1.76. The van der Waals surface area contributed by atoms with Crippen molar-refractivity contribution in [2.45, 2.75) is 20.0 Å². The van der Waals surface area contributed by atoms with Crippen LogP contribution in [0.15, 0.2) is 40.8 Å². The lowest BCUT2D eigenvalue weighted by atomic mass is 10.1. The van der Waals surface area contributed by atoms with Crippen molar-refractivity contribution in [2.75, 3.05) is 19.7 Å². The maximum Gasteiger partial charge on any atom is 0.257 e. The van der Waals surface area contributed by atoms with Gasteiger partial charge in [0.05, 0.1) is 18.7 Å². The number of benzene rings is 1. The van der Waals surface area contributed by atoms with E-state index in [1.807, 2.05) is 55.1 Å². The standard InChI is InChI=1S/C17H19NO3/c1-12-10-15(13(2)21-12)17(19)18-8-9-20-16(11-18)14-6-4-3-5-7-14/h3-7,10,16H,8-9,11H2,1-2H3. The van der Waals surface area contributed by atoms with Gasteiger partial charge in [-0.1, -0.05) is 30.3 Å². The molecule has 0 radical (unpaired) electrons. The van der Waals surface area contributed by atoms with Gasteiger partial charge in [-0.05, 0) is 25.5 Å². The smallest absolute Gasteiger partial charge is 0.257 e. The second-order valence-electron chi connectivity index (χ2n) is 5.35. The molecular formula is C17H19NO3. The van der Waals surface area contributed by atoms with Crippen LogP contribution >= 0.6 is 0 Å². The maximum atomic E-state index is 12.6. The number of rotatable bonds is 2. The van der Waals surface area contributed by atoms with Gasteiger partial charge < -0.3 is 14.1 Å². The molecule has 1 atom stereocenters. The quantitative estimate of drug-likeness (QED) is 0.851. The van der Waals surface area contributed by atoms with Crippen molar-refractivity contribution in [1.29, 1.82) is 0 Å². The van der Waals surface area contributed by atoms with Crippen LogP contribution in [0, 0.1) is 13.8 Å². The molecular weight excluding hydrogens is 266 g/mol. The number of hydrogen-bond donors (Lipinski definition) is 0. The molecule has 4 nitrogen and oxygen atoms in total. The highest BCUT2D eigenvalue weighted by Crippen LogP contribution is 2.24. The first-order valence-corrected chi connectivity index (χ1v) is 7.18. The number of furan rings is 1. The number of ether oxygens (including phenoxy) is 1. The summed E-state index contributed by atoms with van der Waals surface area (Å²) in [6.07, 6.45) is -0.0581. The molecule has 0 saturated carbocycles. The van der Waals surface area contributed by atoms with Crippen molar-refractivity contribution in [3.05, 3.63) is 59.0 Å². The number of carbonyl (C=O) groups is 1. The van der Waals surface area contributed by atoms with E-state index in [0.29, 0.717) is 31.0 Å². The Morgan fingerprint density at radius 1 is 1.24 bits per heavy atom. The lowest BCUT2D eigenvalue weighted by Crippen LogP contribution is -2.42. The summed E-state index contributed by atoms with van der Waals surface area (Å²) in [6.45, 7) is 5.44. The molecule has 1 fully saturated rings. The Kier molecular flexibility index (Phi) is 3.80. The maximum absolute atomic E-state index is 12.6. The van der Waals surface area contributed by atoms with Crippen LogP contribution in [0.4, 0.5) is 0 Å². The lowest BCUT2D eigenvalue weighted by molar-refractivity contribution is -0.0228. The summed E-state index contributed by atoms with van der Waals surface area (Å²) in [5, 5.41) is 0. The van der Waals surface area contributed by atoms with E-state index in [2.05, 4.69) is 0 Å². The summed E-state index contributed by atoms with van der Waals surface area (Å²) < 4.78 is 11.3. The van der Waals surface area contributed by atoms with Gasteiger partial charge in [0.25, 0.3) is 5.91 Å². The van der Waals surface area contributed by atoms with Crippen molar-refractivity contribution in [1.82, 2.24) is 4.90 Å². The van der Waals surface area contributed by atoms with E-state index < -0.39 is 0 Å². The third-order valence-corrected chi connectivity index (χ3v) is 3.80. The molecule has 110 valence electrons. The normalized spacial score (nSPS) is 18.8. The van der Waals surface area contributed by atoms with Gasteiger partial charge in [0.2, 0.25) is 0 Å². The van der Waals surface area contributed by atoms with Crippen molar-refractivity contribution in [2.24, 2.45) is 0 Å². The van der Waals surface area contributed by atoms with Crippen LogP contribution in [0.3, 0.4) is 0 Å². The third-order valence-electron chi connectivity index (χ3n) is 3.80. The fraction of sp³-hybridized carbons (Fsp3) is 0.353. The van der Waals surface area contributed by atoms with E-state index in [1.165, 1.54) is 0 Å². The first-order valence-electron chi connectivity index (χ1n) is 7.18. The Morgan fingerprint density at radius 2 is 2.00 bits per heavy atom. The van der Waals surface area contributed by atoms with Crippen LogP contribution in [0.25, 0.3) is 0 Å². The number of aryl methyl sites for hydroxylation is 2. The minimum atomic E-state index is -0.0581. The fourth-order valence-corrected chi connectivity index (χ4v) is 2.72. The first kappa shape index (κ1) is 13.9. The van der Waals surface area contributed by atoms with Crippen LogP contribution in [0.2, 0.25) is 0 Å². The van der Waals surface area contributed by atoms with Crippen molar-refractivity contribution in [3.8, 4) is 0 Å². The average molecular weight is 285 g/mol. The molecule has 2 heterocycles. The molecule has 21 heavy (non-hydrogen) atoms. The van der Waals surface area contributed by atoms with Crippen LogP contribution < -0.4 is 0 Å². The van der Waals surface area contributed by atoms with Gasteiger partial charge in [-0.15, -0.1) is 0 Å². The molecule has 0 bridgehead atoms. The fourth-order valence-electron chi connectivity index (χ4n) is 2.72. The zero-order valence-electron chi connectivity index (χ0n) is 12.3. The Labute approximate surface area is 124 Å². The summed E-state index contributed by atoms with van der Waals surface area (Å²) in [7, 11) is 0. The SMILES string of the molecule is Cc1cc(C(=O)N2CCOC(c3ccccc3)C2)c(C)o1. The second-order valence-corrected chi connectivity index (χ2v) is 5.35. The number of hydrogen-bond acceptors (Lipinski definition) is 3. The zero-order chi connectivity index (χ0) is 14.8. The monoisotopic (exact) mass is 285 g/mol. The number of morpholine rings is 1. The molecule has 1 aliphatic rings. The summed E-state index contributed by atoms with van der Waals surface area (Å²) >= 11 is 0. The molecule has 1 aromatic carbocycles. The molecule has 0 spiro atoms. The van der Waals surface area contributed by atoms with Crippen molar-refractivity contribution in [3.63, 3.8) is 0 Å². The predicted molar refractivity (Wildman–Crippen MR) is 79.2 cm³/mol. The zero-order valence-corrected chi connectivity index (χ0v) is 12.3. The van der Waals surface area contributed by atoms with Gasteiger partial charge >= 0.3 is 0 Å². The minimum absolute atomic E-state index is 0.0218. The number of carbonyl (C=O) groups excluding carboxylic acids is 1. The highest BCUT2D eigenvalue weighted by atomic mass is 16.5. The molecule has 1 unspecified atom stereocenters. The molecule has 1 aliphatic heterocycles. The second kappa shape index (κ2) is 5.74. The summed E-state index contributed by atoms with van der Waals surface area (Å²) in [4.78, 5) is 14.5. The molecule has 0 aliphatic carbocycles. The molecule has 2 aromatic rings. The Bertz CT molecular complexity index is 633. The van der Waals surface area contributed by atoms with E-state index in [9.17, 15) is 4.79 Å². The van der Waals surface area contributed by atoms with Crippen molar-refractivity contribution >= 4 is 5.91 Å². The number of nitrogens with zero attached hydrogens (tertiary/aromatic N) is 1. The third kappa shape index (κ3) is 2.85. The molecule has 1 saturated heterocycles. The molecule has 3 rings (SSSR count). The summed E-state index contributed by atoms with van der Waals surface area (Å²) in [5.74, 6) is 1.47. The molecule has 4 heteroatoms. The molecule has 1 aromatic heterocycles. The first-order chi connectivity index (χ1) is 10.1. The van der Waals surface area contributed by atoms with Crippen LogP contribution in [-0.2, 0) is 4.74 Å². The molecule has 0 N–H and O–H groups in total. The van der Waals surface area contributed by atoms with E-state index >= 15 is 0 Å². The topological polar surface area (TPSA) is 42.7 Å². The Hall–Kier alpha value is -2.07. The van der Waals surface area contributed by atoms with Gasteiger partial charge in [0.1, 0.15) is 17.6 Å². The van der Waals surface area contributed by atoms with Gasteiger partial charge in [0.15, 0.2) is 0 Å². The van der Waals surface area contributed by atoms with E-state index in [-0.39, 0.29) is 12.0 Å². The van der Waals surface area contributed by atoms with Crippen LogP contribution in [-0.4, -0.2) is 30.5 Å². The minimum Gasteiger partial charge on any atom is -0.466 e. The van der Waals surface area contributed by atoms with Gasteiger partial charge in [-0.3, -0.25) is 4.79 Å². The molecule has 1 amide bonds.